The van der Waals surface area contributed by atoms with Crippen LogP contribution in [-0.4, -0.2) is 10.2 Å². The van der Waals surface area contributed by atoms with Crippen LogP contribution < -0.4 is 10.5 Å². The maximum Gasteiger partial charge on any atom is 0.145 e. The van der Waals surface area contributed by atoms with Gasteiger partial charge in [0.15, 0.2) is 0 Å². The summed E-state index contributed by atoms with van der Waals surface area (Å²) in [7, 11) is 0. The lowest BCUT2D eigenvalue weighted by molar-refractivity contribution is 0.293. The number of anilines is 1. The van der Waals surface area contributed by atoms with Crippen LogP contribution in [0.3, 0.4) is 0 Å². The number of hydrogen-bond acceptors (Lipinski definition) is 3. The van der Waals surface area contributed by atoms with Crippen LogP contribution in [0.2, 0.25) is 0 Å². The van der Waals surface area contributed by atoms with E-state index in [1.807, 2.05) is 18.2 Å². The van der Waals surface area contributed by atoms with Gasteiger partial charge < -0.3 is 10.5 Å². The van der Waals surface area contributed by atoms with Crippen LogP contribution >= 0.6 is 0 Å². The Hall–Kier alpha value is -1.97. The van der Waals surface area contributed by atoms with E-state index in [-0.39, 0.29) is 5.41 Å². The van der Waals surface area contributed by atoms with Gasteiger partial charge in [-0.3, -0.25) is 5.10 Å². The summed E-state index contributed by atoms with van der Waals surface area (Å²) >= 11 is 0. The molecule has 0 bridgehead atoms. The van der Waals surface area contributed by atoms with Crippen molar-refractivity contribution in [2.24, 2.45) is 0 Å². The van der Waals surface area contributed by atoms with Gasteiger partial charge in [0.25, 0.3) is 0 Å². The van der Waals surface area contributed by atoms with Crippen molar-refractivity contribution in [3.8, 4) is 5.75 Å². The molecule has 0 aliphatic heterocycles. The van der Waals surface area contributed by atoms with E-state index in [9.17, 15) is 0 Å². The number of aromatic nitrogens is 2. The van der Waals surface area contributed by atoms with E-state index in [1.54, 1.807) is 6.07 Å². The van der Waals surface area contributed by atoms with Gasteiger partial charge in [0.2, 0.25) is 0 Å². The van der Waals surface area contributed by atoms with Gasteiger partial charge in [-0.2, -0.15) is 5.10 Å². The summed E-state index contributed by atoms with van der Waals surface area (Å²) in [4.78, 5) is 0. The topological polar surface area (TPSA) is 63.9 Å². The second-order valence-corrected chi connectivity index (χ2v) is 5.35. The number of H-pyrrole nitrogens is 1. The molecule has 18 heavy (non-hydrogen) atoms. The third kappa shape index (κ3) is 2.83. The van der Waals surface area contributed by atoms with Crippen molar-refractivity contribution >= 4 is 5.82 Å². The summed E-state index contributed by atoms with van der Waals surface area (Å²) in [5, 5.41) is 6.71. The predicted molar refractivity (Wildman–Crippen MR) is 72.5 cm³/mol. The van der Waals surface area contributed by atoms with Gasteiger partial charge in [-0.05, 0) is 17.0 Å². The third-order valence-electron chi connectivity index (χ3n) is 2.73. The lowest BCUT2D eigenvalue weighted by Crippen LogP contribution is -2.13. The number of nitrogens with zero attached hydrogens (tertiary/aromatic N) is 1. The molecule has 1 aromatic heterocycles. The second kappa shape index (κ2) is 4.72. The molecule has 0 spiro atoms. The van der Waals surface area contributed by atoms with Gasteiger partial charge in [-0.25, -0.2) is 0 Å². The molecule has 0 unspecified atom stereocenters. The highest BCUT2D eigenvalue weighted by molar-refractivity contribution is 5.38. The number of benzene rings is 1. The molecule has 0 amide bonds. The third-order valence-corrected chi connectivity index (χ3v) is 2.73. The first-order valence-electron chi connectivity index (χ1n) is 5.99. The van der Waals surface area contributed by atoms with Gasteiger partial charge in [-0.1, -0.05) is 39.0 Å². The zero-order valence-corrected chi connectivity index (χ0v) is 11.0. The Bertz CT molecular complexity index is 526. The van der Waals surface area contributed by atoms with E-state index in [1.165, 1.54) is 5.56 Å². The summed E-state index contributed by atoms with van der Waals surface area (Å²) in [6.45, 7) is 6.95. The number of hydrogen-bond donors (Lipinski definition) is 2. The number of nitrogen functional groups attached to an aromatic ring is 1. The van der Waals surface area contributed by atoms with Crippen molar-refractivity contribution in [3.63, 3.8) is 0 Å². The molecule has 1 heterocycles. The molecule has 0 atom stereocenters. The Morgan fingerprint density at radius 1 is 1.28 bits per heavy atom. The molecule has 2 aromatic rings. The minimum absolute atomic E-state index is 0.0591. The smallest absolute Gasteiger partial charge is 0.145 e. The quantitative estimate of drug-likeness (QED) is 0.874. The summed E-state index contributed by atoms with van der Waals surface area (Å²) in [6, 6.07) is 9.87. The Balaban J connectivity index is 2.14. The molecular weight excluding hydrogens is 226 g/mol. The van der Waals surface area contributed by atoms with Crippen molar-refractivity contribution in [3.05, 3.63) is 41.6 Å². The Morgan fingerprint density at radius 2 is 2.00 bits per heavy atom. The first-order chi connectivity index (χ1) is 8.47. The molecule has 4 nitrogen and oxygen atoms in total. The van der Waals surface area contributed by atoms with E-state index in [0.29, 0.717) is 12.4 Å². The first-order valence-corrected chi connectivity index (χ1v) is 5.99. The predicted octanol–water partition coefficient (Wildman–Crippen LogP) is 2.87. The van der Waals surface area contributed by atoms with Gasteiger partial charge in [-0.15, -0.1) is 0 Å². The summed E-state index contributed by atoms with van der Waals surface area (Å²) in [5.74, 6) is 1.39. The maximum atomic E-state index is 5.84. The van der Waals surface area contributed by atoms with Crippen molar-refractivity contribution in [1.29, 1.82) is 0 Å². The maximum absolute atomic E-state index is 5.84. The molecule has 0 saturated carbocycles. The van der Waals surface area contributed by atoms with Crippen LogP contribution in [0, 0.1) is 0 Å². The van der Waals surface area contributed by atoms with Crippen LogP contribution in [0.4, 0.5) is 5.82 Å². The molecule has 0 saturated heterocycles. The van der Waals surface area contributed by atoms with E-state index in [0.717, 1.165) is 11.4 Å². The Kier molecular flexibility index (Phi) is 3.28. The van der Waals surface area contributed by atoms with E-state index in [4.69, 9.17) is 10.5 Å². The van der Waals surface area contributed by atoms with Crippen LogP contribution in [0.1, 0.15) is 32.0 Å². The standard InChI is InChI=1S/C14H19N3O/c1-14(2,3)11-6-4-5-7-12(11)18-9-10-8-13(15)17-16-10/h4-8H,9H2,1-3H3,(H3,15,16,17). The number of para-hydroxylation sites is 1. The zero-order valence-electron chi connectivity index (χ0n) is 11.0. The zero-order chi connectivity index (χ0) is 13.2. The fourth-order valence-corrected chi connectivity index (χ4v) is 1.82. The molecule has 2 rings (SSSR count). The minimum atomic E-state index is 0.0591. The largest absolute Gasteiger partial charge is 0.487 e. The number of nitrogens with one attached hydrogen (secondary N) is 1. The highest BCUT2D eigenvalue weighted by Crippen LogP contribution is 2.31. The van der Waals surface area contributed by atoms with E-state index >= 15 is 0 Å². The van der Waals surface area contributed by atoms with Gasteiger partial charge in [0.1, 0.15) is 18.2 Å². The van der Waals surface area contributed by atoms with Crippen molar-refractivity contribution < 1.29 is 4.74 Å². The number of ether oxygens (including phenoxy) is 1. The summed E-state index contributed by atoms with van der Waals surface area (Å²) < 4.78 is 5.84. The van der Waals surface area contributed by atoms with Crippen LogP contribution in [0.5, 0.6) is 5.75 Å². The highest BCUT2D eigenvalue weighted by atomic mass is 16.5. The Morgan fingerprint density at radius 3 is 2.61 bits per heavy atom. The van der Waals surface area contributed by atoms with Crippen LogP contribution in [0.25, 0.3) is 0 Å². The van der Waals surface area contributed by atoms with E-state index < -0.39 is 0 Å². The molecule has 1 aromatic carbocycles. The molecule has 0 aliphatic rings. The average molecular weight is 245 g/mol. The average Bonchev–Trinajstić information content (AvgIpc) is 2.72. The summed E-state index contributed by atoms with van der Waals surface area (Å²) in [6.07, 6.45) is 0. The molecule has 4 heteroatoms. The molecule has 0 radical (unpaired) electrons. The molecular formula is C14H19N3O. The van der Waals surface area contributed by atoms with Gasteiger partial charge in [0, 0.05) is 6.07 Å². The van der Waals surface area contributed by atoms with Gasteiger partial charge in [0.05, 0.1) is 5.69 Å². The van der Waals surface area contributed by atoms with E-state index in [2.05, 4.69) is 37.0 Å². The van der Waals surface area contributed by atoms with Crippen LogP contribution in [-0.2, 0) is 12.0 Å². The Labute approximate surface area is 107 Å². The fourth-order valence-electron chi connectivity index (χ4n) is 1.82. The number of rotatable bonds is 3. The lowest BCUT2D eigenvalue weighted by atomic mass is 9.86. The van der Waals surface area contributed by atoms with Gasteiger partial charge >= 0.3 is 0 Å². The summed E-state index contributed by atoms with van der Waals surface area (Å²) in [5.41, 5.74) is 7.67. The molecule has 96 valence electrons. The fraction of sp³-hybridized carbons (Fsp3) is 0.357. The van der Waals surface area contributed by atoms with Crippen molar-refractivity contribution in [2.45, 2.75) is 32.8 Å². The SMILES string of the molecule is CC(C)(C)c1ccccc1OCc1cc(N)n[nH]1. The minimum Gasteiger partial charge on any atom is -0.487 e. The number of aromatic amines is 1. The molecule has 0 fully saturated rings. The lowest BCUT2D eigenvalue weighted by Gasteiger charge is -2.22. The number of nitrogens with two attached hydrogens (primary N) is 1. The highest BCUT2D eigenvalue weighted by Gasteiger charge is 2.18. The first kappa shape index (κ1) is 12.5. The van der Waals surface area contributed by atoms with Crippen molar-refractivity contribution in [2.75, 3.05) is 5.73 Å². The molecule has 0 aliphatic carbocycles. The second-order valence-electron chi connectivity index (χ2n) is 5.35. The monoisotopic (exact) mass is 245 g/mol. The van der Waals surface area contributed by atoms with Crippen molar-refractivity contribution in [1.82, 2.24) is 10.2 Å². The normalized spacial score (nSPS) is 11.5. The molecule has 3 N–H and O–H groups in total. The van der Waals surface area contributed by atoms with Crippen LogP contribution in [0.15, 0.2) is 30.3 Å².